The maximum absolute atomic E-state index is 12.6. The molecule has 2 amide bonds. The third-order valence-electron chi connectivity index (χ3n) is 6.04. The molecule has 12 heteroatoms. The number of carbonyl (C=O) groups is 2. The van der Waals surface area contributed by atoms with Crippen molar-refractivity contribution in [3.63, 3.8) is 0 Å². The van der Waals surface area contributed by atoms with Crippen molar-refractivity contribution in [2.75, 3.05) is 24.7 Å². The highest BCUT2D eigenvalue weighted by Crippen LogP contribution is 2.43. The molecule has 0 saturated carbocycles. The summed E-state index contributed by atoms with van der Waals surface area (Å²) in [5.41, 5.74) is 16.5. The molecule has 0 aromatic carbocycles. The number of rotatable bonds is 14. The Balaban J connectivity index is 2.35. The molecule has 0 aliphatic carbocycles. The Kier molecular flexibility index (Phi) is 12.8. The second-order valence-corrected chi connectivity index (χ2v) is 11.3. The minimum Gasteiger partial charge on any atom is -0.396 e. The van der Waals surface area contributed by atoms with E-state index in [-0.39, 0.29) is 32.2 Å². The highest BCUT2D eigenvalue weighted by Gasteiger charge is 2.20. The predicted octanol–water partition coefficient (Wildman–Crippen LogP) is 3.87. The highest BCUT2D eigenvalue weighted by atomic mass is 33.1. The minimum absolute atomic E-state index is 0.113. The van der Waals surface area contributed by atoms with Crippen LogP contribution in [0.2, 0.25) is 0 Å². The zero-order valence-electron chi connectivity index (χ0n) is 23.1. The van der Waals surface area contributed by atoms with Crippen LogP contribution >= 0.6 is 21.6 Å². The Morgan fingerprint density at radius 2 is 1.31 bits per heavy atom. The van der Waals surface area contributed by atoms with Crippen molar-refractivity contribution in [3.05, 3.63) is 68.0 Å². The van der Waals surface area contributed by atoms with Crippen LogP contribution in [0.4, 0.5) is 11.6 Å². The van der Waals surface area contributed by atoms with E-state index in [9.17, 15) is 19.8 Å². The summed E-state index contributed by atoms with van der Waals surface area (Å²) in [6, 6.07) is 7.37. The van der Waals surface area contributed by atoms with E-state index in [0.29, 0.717) is 41.4 Å². The lowest BCUT2D eigenvalue weighted by atomic mass is 10.2. The van der Waals surface area contributed by atoms with Crippen LogP contribution in [0.1, 0.15) is 56.1 Å². The molecule has 0 atom stereocenters. The summed E-state index contributed by atoms with van der Waals surface area (Å²) in [5, 5.41) is 19.5. The van der Waals surface area contributed by atoms with Crippen LogP contribution in [0.5, 0.6) is 0 Å². The molecule has 0 spiro atoms. The van der Waals surface area contributed by atoms with Gasteiger partial charge in [0, 0.05) is 76.7 Å². The van der Waals surface area contributed by atoms with Gasteiger partial charge < -0.3 is 31.5 Å². The number of nitrogen functional groups attached to an aromatic ring is 2. The van der Waals surface area contributed by atoms with Crippen molar-refractivity contribution in [1.29, 1.82) is 0 Å². The summed E-state index contributed by atoms with van der Waals surface area (Å²) >= 11 is 0. The van der Waals surface area contributed by atoms with Gasteiger partial charge in [-0.25, -0.2) is 9.97 Å². The van der Waals surface area contributed by atoms with Gasteiger partial charge in [0.1, 0.15) is 11.6 Å². The van der Waals surface area contributed by atoms with Crippen LogP contribution < -0.4 is 11.5 Å². The van der Waals surface area contributed by atoms with Gasteiger partial charge in [0.15, 0.2) is 0 Å². The van der Waals surface area contributed by atoms with Gasteiger partial charge in [0.05, 0.1) is 13.1 Å². The number of nitrogens with two attached hydrogens (primary N) is 2. The molecule has 0 bridgehead atoms. The zero-order valence-corrected chi connectivity index (χ0v) is 24.7. The highest BCUT2D eigenvalue weighted by molar-refractivity contribution is 8.79. The van der Waals surface area contributed by atoms with E-state index < -0.39 is 0 Å². The van der Waals surface area contributed by atoms with Gasteiger partial charge >= 0.3 is 0 Å². The number of aryl methyl sites for hydroxylation is 2. The molecule has 6 N–H and O–H groups in total. The van der Waals surface area contributed by atoms with Gasteiger partial charge in [-0.3, -0.25) is 9.59 Å². The van der Waals surface area contributed by atoms with E-state index in [1.165, 1.54) is 33.4 Å². The molecular formula is C27H38N6O4S2. The molecular weight excluding hydrogens is 536 g/mol. The minimum atomic E-state index is -0.174. The average molecular weight is 575 g/mol. The number of aliphatic hydroxyl groups is 2. The van der Waals surface area contributed by atoms with Crippen LogP contribution in [0.15, 0.2) is 45.5 Å². The first-order chi connectivity index (χ1) is 18.5. The Bertz CT molecular complexity index is 1230. The van der Waals surface area contributed by atoms with E-state index in [1.54, 1.807) is 4.90 Å². The number of nitrogens with zero attached hydrogens (tertiary/aromatic N) is 4. The fourth-order valence-corrected chi connectivity index (χ4v) is 6.56. The van der Waals surface area contributed by atoms with Crippen molar-refractivity contribution in [1.82, 2.24) is 19.8 Å². The van der Waals surface area contributed by atoms with Crippen molar-refractivity contribution in [2.24, 2.45) is 0 Å². The van der Waals surface area contributed by atoms with Crippen molar-refractivity contribution in [3.8, 4) is 0 Å². The van der Waals surface area contributed by atoms with Crippen LogP contribution in [-0.4, -0.2) is 55.5 Å². The molecule has 2 aromatic rings. The number of allylic oxidation sites excluding steroid dienone is 2. The van der Waals surface area contributed by atoms with Crippen LogP contribution in [0.25, 0.3) is 0 Å². The molecule has 0 radical (unpaired) electrons. The third-order valence-corrected chi connectivity index (χ3v) is 8.98. The predicted molar refractivity (Wildman–Crippen MR) is 159 cm³/mol. The van der Waals surface area contributed by atoms with E-state index in [4.69, 9.17) is 11.5 Å². The Morgan fingerprint density at radius 1 is 0.846 bits per heavy atom. The normalized spacial score (nSPS) is 12.5. The third kappa shape index (κ3) is 9.27. The Labute approximate surface area is 238 Å². The van der Waals surface area contributed by atoms with Crippen molar-refractivity contribution >= 4 is 45.5 Å². The SMILES string of the molecule is CC(=O)N(Cc1ccc(C)nc1N)C(C)=C(CCO)SSC(CCO)=C(C)N(C=O)Cc1ccc(C)nc1N. The fraction of sp³-hybridized carbons (Fsp3) is 0.407. The number of carbonyl (C=O) groups excluding carboxylic acids is 2. The average Bonchev–Trinajstić information content (AvgIpc) is 2.88. The molecule has 2 rings (SSSR count). The van der Waals surface area contributed by atoms with E-state index in [1.807, 2.05) is 52.0 Å². The smallest absolute Gasteiger partial charge is 0.223 e. The number of hydrogen-bond donors (Lipinski definition) is 4. The summed E-state index contributed by atoms with van der Waals surface area (Å²) in [6.45, 7) is 9.05. The number of aromatic nitrogens is 2. The summed E-state index contributed by atoms with van der Waals surface area (Å²) < 4.78 is 0. The first-order valence-corrected chi connectivity index (χ1v) is 14.6. The molecule has 0 saturated heterocycles. The topological polar surface area (TPSA) is 159 Å². The lowest BCUT2D eigenvalue weighted by Gasteiger charge is -2.26. The zero-order chi connectivity index (χ0) is 29.1. The summed E-state index contributed by atoms with van der Waals surface area (Å²) in [7, 11) is 2.76. The van der Waals surface area contributed by atoms with Crippen molar-refractivity contribution < 1.29 is 19.8 Å². The molecule has 212 valence electrons. The number of aliphatic hydroxyl groups excluding tert-OH is 2. The molecule has 10 nitrogen and oxygen atoms in total. The Morgan fingerprint density at radius 3 is 1.72 bits per heavy atom. The standard InChI is InChI=1S/C27H38N6O4S2/c1-17-6-8-22(26(28)30-17)14-32(16-36)19(3)24(10-12-34)38-39-25(11-13-35)20(4)33(21(5)37)15-23-9-7-18(2)31-27(23)29/h6-9,16,34-35H,10-15H2,1-5H3,(H2,28,30)(H2,29,31). The maximum Gasteiger partial charge on any atom is 0.223 e. The van der Waals surface area contributed by atoms with Gasteiger partial charge in [-0.1, -0.05) is 33.7 Å². The quantitative estimate of drug-likeness (QED) is 0.193. The van der Waals surface area contributed by atoms with Crippen LogP contribution in [0.3, 0.4) is 0 Å². The number of pyridine rings is 2. The molecule has 2 aromatic heterocycles. The van der Waals surface area contributed by atoms with E-state index in [2.05, 4.69) is 9.97 Å². The summed E-state index contributed by atoms with van der Waals surface area (Å²) in [6.07, 6.45) is 1.37. The van der Waals surface area contributed by atoms with Crippen LogP contribution in [0, 0.1) is 13.8 Å². The Hall–Kier alpha value is -3.06. The van der Waals surface area contributed by atoms with Gasteiger partial charge in [-0.15, -0.1) is 0 Å². The van der Waals surface area contributed by atoms with Gasteiger partial charge in [-0.2, -0.15) is 0 Å². The van der Waals surface area contributed by atoms with Gasteiger partial charge in [0.2, 0.25) is 12.3 Å². The number of anilines is 2. The lowest BCUT2D eigenvalue weighted by Crippen LogP contribution is -2.28. The van der Waals surface area contributed by atoms with E-state index >= 15 is 0 Å². The number of hydrogen-bond acceptors (Lipinski definition) is 10. The van der Waals surface area contributed by atoms with Crippen molar-refractivity contribution in [2.45, 2.75) is 60.5 Å². The molecule has 39 heavy (non-hydrogen) atoms. The van der Waals surface area contributed by atoms with Gasteiger partial charge in [0.25, 0.3) is 0 Å². The molecule has 0 aliphatic rings. The maximum atomic E-state index is 12.6. The first kappa shape index (κ1) is 32.2. The number of amides is 2. The van der Waals surface area contributed by atoms with Crippen LogP contribution in [-0.2, 0) is 22.7 Å². The lowest BCUT2D eigenvalue weighted by molar-refractivity contribution is -0.127. The second-order valence-electron chi connectivity index (χ2n) is 8.96. The second kappa shape index (κ2) is 15.5. The summed E-state index contributed by atoms with van der Waals surface area (Å²) in [5.74, 6) is 0.548. The monoisotopic (exact) mass is 574 g/mol. The first-order valence-electron chi connectivity index (χ1n) is 12.4. The van der Waals surface area contributed by atoms with E-state index in [0.717, 1.165) is 33.2 Å². The molecule has 2 heterocycles. The molecule has 0 fully saturated rings. The molecule has 0 unspecified atom stereocenters. The van der Waals surface area contributed by atoms with Gasteiger partial charge in [-0.05, 0) is 39.8 Å². The summed E-state index contributed by atoms with van der Waals surface area (Å²) in [4.78, 5) is 37.9. The molecule has 0 aliphatic heterocycles. The fourth-order valence-electron chi connectivity index (χ4n) is 3.71. The largest absolute Gasteiger partial charge is 0.396 e.